The summed E-state index contributed by atoms with van der Waals surface area (Å²) in [6.07, 6.45) is 4.49. The number of carbonyl (C=O) groups is 4. The highest BCUT2D eigenvalue weighted by molar-refractivity contribution is 14.1. The SMILES string of the molecule is Cc1ccc(S(=O)(=O)OC[C@H](Cc2c[nH]c3c(OCc4ccccc4)cccc23)N2C(=O)c3ccccc3C2=O)cc1.O=C1c2ccccc2C(=O)N1[C@H](CI)Cc1c[nH]c2c(OCc3ccccc3)cccc12. The van der Waals surface area contributed by atoms with Gasteiger partial charge in [-0.2, -0.15) is 8.42 Å². The second kappa shape index (κ2) is 21.7. The number of rotatable bonds is 17. The zero-order valence-corrected chi connectivity index (χ0v) is 43.0. The second-order valence-electron chi connectivity index (χ2n) is 18.0. The van der Waals surface area contributed by atoms with Gasteiger partial charge in [0.15, 0.2) is 0 Å². The molecule has 11 rings (SSSR count). The number of H-pyrrole nitrogens is 2. The van der Waals surface area contributed by atoms with Gasteiger partial charge in [0.1, 0.15) is 24.7 Å². The van der Waals surface area contributed by atoms with E-state index < -0.39 is 34.6 Å². The highest BCUT2D eigenvalue weighted by Gasteiger charge is 2.42. The molecular formula is C59H49IN4O9S. The number of alkyl halides is 1. The lowest BCUT2D eigenvalue weighted by atomic mass is 10.0. The number of amides is 4. The van der Waals surface area contributed by atoms with Crippen molar-refractivity contribution in [2.75, 3.05) is 11.0 Å². The number of para-hydroxylation sites is 2. The summed E-state index contributed by atoms with van der Waals surface area (Å²) in [5, 5.41) is 1.88. The minimum Gasteiger partial charge on any atom is -0.487 e. The molecule has 372 valence electrons. The second-order valence-corrected chi connectivity index (χ2v) is 20.5. The van der Waals surface area contributed by atoms with E-state index >= 15 is 0 Å². The molecule has 15 heteroatoms. The van der Waals surface area contributed by atoms with Crippen molar-refractivity contribution < 1.29 is 41.3 Å². The molecular weight excluding hydrogens is 1070 g/mol. The number of aromatic nitrogens is 2. The van der Waals surface area contributed by atoms with E-state index in [2.05, 4.69) is 32.6 Å². The third-order valence-electron chi connectivity index (χ3n) is 13.2. The molecule has 74 heavy (non-hydrogen) atoms. The average molecular weight is 1120 g/mol. The van der Waals surface area contributed by atoms with Crippen LogP contribution in [0.2, 0.25) is 0 Å². The molecule has 0 unspecified atom stereocenters. The fourth-order valence-electron chi connectivity index (χ4n) is 9.39. The number of hydrogen-bond acceptors (Lipinski definition) is 9. The normalized spacial score (nSPS) is 14.0. The summed E-state index contributed by atoms with van der Waals surface area (Å²) in [6.45, 7) is 2.32. The van der Waals surface area contributed by atoms with Crippen LogP contribution in [0.1, 0.15) is 69.2 Å². The van der Waals surface area contributed by atoms with Crippen LogP contribution in [0, 0.1) is 6.92 Å². The lowest BCUT2D eigenvalue weighted by molar-refractivity contribution is 0.0531. The Hall–Kier alpha value is -7.86. The maximum atomic E-state index is 13.4. The smallest absolute Gasteiger partial charge is 0.297 e. The number of nitrogens with one attached hydrogen (secondary N) is 2. The molecule has 9 aromatic rings. The van der Waals surface area contributed by atoms with Crippen molar-refractivity contribution in [1.82, 2.24) is 19.8 Å². The molecule has 7 aromatic carbocycles. The van der Waals surface area contributed by atoms with Crippen LogP contribution in [0.5, 0.6) is 11.5 Å². The Bertz CT molecular complexity index is 3590. The summed E-state index contributed by atoms with van der Waals surface area (Å²) < 4.78 is 44.4. The van der Waals surface area contributed by atoms with Crippen molar-refractivity contribution in [2.24, 2.45) is 0 Å². The number of imide groups is 2. The number of nitrogens with zero attached hydrogens (tertiary/aromatic N) is 2. The highest BCUT2D eigenvalue weighted by Crippen LogP contribution is 2.34. The molecule has 2 N–H and O–H groups in total. The standard InChI is InChI=1S/C33H28N2O6S.C26H21IN2O3/c1-22-14-16-26(17-15-22)42(38,39)41-21-25(35-32(36)28-10-5-6-11-29(28)33(35)37)18-24-19-34-31-27(24)12-7-13-30(31)40-20-23-8-3-2-4-9-23;27-14-19(29-25(30)21-9-4-5-10-22(21)26(29)31)13-18-15-28-24-20(18)11-6-12-23(24)32-16-17-7-2-1-3-8-17/h2-17,19,25,34H,18,20-21H2,1H3;1-12,15,19,28H,13-14,16H2/t25-;19-/m00/s1. The van der Waals surface area contributed by atoms with E-state index in [0.717, 1.165) is 60.3 Å². The third-order valence-corrected chi connectivity index (χ3v) is 15.5. The van der Waals surface area contributed by atoms with Gasteiger partial charge in [-0.05, 0) is 90.6 Å². The van der Waals surface area contributed by atoms with Crippen LogP contribution in [0.15, 0.2) is 187 Å². The zero-order chi connectivity index (χ0) is 51.3. The van der Waals surface area contributed by atoms with Crippen molar-refractivity contribution >= 4 is 78.1 Å². The van der Waals surface area contributed by atoms with Crippen LogP contribution in [0.25, 0.3) is 21.8 Å². The molecule has 2 atom stereocenters. The molecule has 4 heterocycles. The number of aryl methyl sites for hydroxylation is 1. The molecule has 4 amide bonds. The number of carbonyl (C=O) groups excluding carboxylic acids is 4. The van der Waals surface area contributed by atoms with E-state index in [4.69, 9.17) is 13.7 Å². The van der Waals surface area contributed by atoms with Gasteiger partial charge >= 0.3 is 0 Å². The molecule has 2 aromatic heterocycles. The van der Waals surface area contributed by atoms with Crippen molar-refractivity contribution in [2.45, 2.75) is 50.0 Å². The molecule has 2 aliphatic rings. The first kappa shape index (κ1) is 49.7. The summed E-state index contributed by atoms with van der Waals surface area (Å²) in [4.78, 5) is 61.9. The largest absolute Gasteiger partial charge is 0.487 e. The van der Waals surface area contributed by atoms with Crippen LogP contribution in [0.4, 0.5) is 0 Å². The Kier molecular flexibility index (Phi) is 14.6. The van der Waals surface area contributed by atoms with E-state index in [0.29, 0.717) is 40.9 Å². The van der Waals surface area contributed by atoms with Gasteiger partial charge in [0.2, 0.25) is 0 Å². The summed E-state index contributed by atoms with van der Waals surface area (Å²) >= 11 is 2.25. The van der Waals surface area contributed by atoms with Gasteiger partial charge in [0.25, 0.3) is 33.7 Å². The van der Waals surface area contributed by atoms with E-state index in [1.807, 2.05) is 110 Å². The van der Waals surface area contributed by atoms with E-state index in [9.17, 15) is 27.6 Å². The quantitative estimate of drug-likeness (QED) is 0.0390. The fourth-order valence-corrected chi connectivity index (χ4v) is 11.0. The number of aromatic amines is 2. The van der Waals surface area contributed by atoms with Crippen molar-refractivity contribution in [3.8, 4) is 11.5 Å². The number of halogens is 1. The Balaban J connectivity index is 0.000000175. The van der Waals surface area contributed by atoms with Gasteiger partial charge in [0.05, 0.1) is 56.9 Å². The van der Waals surface area contributed by atoms with Crippen molar-refractivity contribution in [3.05, 3.63) is 232 Å². The highest BCUT2D eigenvalue weighted by atomic mass is 127. The van der Waals surface area contributed by atoms with Gasteiger partial charge in [-0.1, -0.05) is 149 Å². The molecule has 0 saturated heterocycles. The van der Waals surface area contributed by atoms with Crippen LogP contribution in [-0.4, -0.2) is 74.9 Å². The van der Waals surface area contributed by atoms with Gasteiger partial charge in [-0.3, -0.25) is 33.2 Å². The van der Waals surface area contributed by atoms with Crippen molar-refractivity contribution in [1.29, 1.82) is 0 Å². The van der Waals surface area contributed by atoms with Gasteiger partial charge in [0, 0.05) is 27.6 Å². The van der Waals surface area contributed by atoms with E-state index in [1.54, 1.807) is 66.9 Å². The third kappa shape index (κ3) is 10.2. The lowest BCUT2D eigenvalue weighted by Gasteiger charge is -2.26. The molecule has 13 nitrogen and oxygen atoms in total. The number of hydrogen-bond donors (Lipinski definition) is 2. The molecule has 0 saturated carbocycles. The molecule has 2 aliphatic heterocycles. The van der Waals surface area contributed by atoms with E-state index in [1.165, 1.54) is 17.0 Å². The van der Waals surface area contributed by atoms with E-state index in [-0.39, 0.29) is 40.3 Å². The maximum absolute atomic E-state index is 13.4. The number of fused-ring (bicyclic) bond motifs is 4. The minimum absolute atomic E-state index is 0.00140. The van der Waals surface area contributed by atoms with Gasteiger partial charge < -0.3 is 19.4 Å². The topological polar surface area (TPSA) is 168 Å². The Morgan fingerprint density at radius 3 is 1.34 bits per heavy atom. The minimum atomic E-state index is -4.14. The van der Waals surface area contributed by atoms with Crippen molar-refractivity contribution in [3.63, 3.8) is 0 Å². The summed E-state index contributed by atoms with van der Waals surface area (Å²) in [5.74, 6) is 0.0488. The predicted molar refractivity (Wildman–Crippen MR) is 290 cm³/mol. The summed E-state index contributed by atoms with van der Waals surface area (Å²) in [7, 11) is -4.14. The number of ether oxygens (including phenoxy) is 2. The lowest BCUT2D eigenvalue weighted by Crippen LogP contribution is -2.44. The molecule has 0 aliphatic carbocycles. The first-order chi connectivity index (χ1) is 36.0. The average Bonchev–Trinajstić information content (AvgIpc) is 4.18. The monoisotopic (exact) mass is 1120 g/mol. The Morgan fingerprint density at radius 1 is 0.500 bits per heavy atom. The first-order valence-corrected chi connectivity index (χ1v) is 26.9. The van der Waals surface area contributed by atoms with Crippen LogP contribution in [-0.2, 0) is 40.4 Å². The zero-order valence-electron chi connectivity index (χ0n) is 40.1. The molecule has 0 bridgehead atoms. The van der Waals surface area contributed by atoms with Gasteiger partial charge in [-0.15, -0.1) is 0 Å². The predicted octanol–water partition coefficient (Wildman–Crippen LogP) is 11.1. The molecule has 0 radical (unpaired) electrons. The summed E-state index contributed by atoms with van der Waals surface area (Å²) in [6, 6.07) is 50.3. The maximum Gasteiger partial charge on any atom is 0.297 e. The van der Waals surface area contributed by atoms with Crippen LogP contribution >= 0.6 is 22.6 Å². The van der Waals surface area contributed by atoms with Crippen LogP contribution in [0.3, 0.4) is 0 Å². The van der Waals surface area contributed by atoms with Gasteiger partial charge in [-0.25, -0.2) is 0 Å². The first-order valence-electron chi connectivity index (χ1n) is 24.0. The molecule has 0 fully saturated rings. The number of benzene rings is 7. The fraction of sp³-hybridized carbons (Fsp3) is 0.153. The Labute approximate surface area is 441 Å². The Morgan fingerprint density at radius 2 is 0.905 bits per heavy atom. The molecule has 0 spiro atoms. The summed E-state index contributed by atoms with van der Waals surface area (Å²) in [5.41, 5.74) is 8.11. The van der Waals surface area contributed by atoms with Crippen LogP contribution < -0.4 is 9.47 Å².